The van der Waals surface area contributed by atoms with Gasteiger partial charge in [0.05, 0.1) is 11.4 Å². The van der Waals surface area contributed by atoms with Crippen LogP contribution in [-0.2, 0) is 18.3 Å². The van der Waals surface area contributed by atoms with Gasteiger partial charge in [0.15, 0.2) is 0 Å². The molecule has 0 aliphatic carbocycles. The predicted octanol–water partition coefficient (Wildman–Crippen LogP) is 2.36. The number of pyridine rings is 1. The van der Waals surface area contributed by atoms with E-state index < -0.39 is 5.97 Å². The Labute approximate surface area is 139 Å². The Hall–Kier alpha value is -2.89. The third-order valence-corrected chi connectivity index (χ3v) is 4.33. The van der Waals surface area contributed by atoms with Gasteiger partial charge in [-0.15, -0.1) is 0 Å². The second-order valence-corrected chi connectivity index (χ2v) is 5.89. The van der Waals surface area contributed by atoms with Gasteiger partial charge >= 0.3 is 5.97 Å². The molecule has 1 N–H and O–H groups in total. The van der Waals surface area contributed by atoms with Gasteiger partial charge in [-0.1, -0.05) is 18.2 Å². The summed E-state index contributed by atoms with van der Waals surface area (Å²) in [6.07, 6.45) is 0.160. The molecule has 3 aromatic rings. The van der Waals surface area contributed by atoms with Gasteiger partial charge in [0.1, 0.15) is 5.65 Å². The highest BCUT2D eigenvalue weighted by atomic mass is 16.4. The Bertz CT molecular complexity index is 984. The molecule has 0 bridgehead atoms. The number of nitrogens with zero attached hydrogens (tertiary/aromatic N) is 3. The fourth-order valence-electron chi connectivity index (χ4n) is 3.15. The minimum absolute atomic E-state index is 0.0620. The van der Waals surface area contributed by atoms with Crippen LogP contribution in [-0.4, -0.2) is 25.4 Å². The first kappa shape index (κ1) is 16.0. The standard InChI is InChI=1S/C18H19N3O3/c1-11-14(9-10-15(22)23)18(24)20(3)17-16(11)12(2)19-21(17)13-7-5-4-6-8-13/h4-8H,9-10H2,1-3H3,(H,22,23). The van der Waals surface area contributed by atoms with Gasteiger partial charge in [0, 0.05) is 24.4 Å². The number of rotatable bonds is 4. The van der Waals surface area contributed by atoms with E-state index in [4.69, 9.17) is 5.11 Å². The Kier molecular flexibility index (Phi) is 3.97. The first-order chi connectivity index (χ1) is 11.4. The van der Waals surface area contributed by atoms with E-state index in [-0.39, 0.29) is 18.4 Å². The number of fused-ring (bicyclic) bond motifs is 1. The molecule has 0 saturated heterocycles. The molecule has 6 nitrogen and oxygen atoms in total. The Morgan fingerprint density at radius 2 is 1.88 bits per heavy atom. The molecule has 0 amide bonds. The summed E-state index contributed by atoms with van der Waals surface area (Å²) in [4.78, 5) is 23.6. The van der Waals surface area contributed by atoms with Gasteiger partial charge in [-0.25, -0.2) is 4.68 Å². The van der Waals surface area contributed by atoms with E-state index >= 15 is 0 Å². The van der Waals surface area contributed by atoms with Crippen molar-refractivity contribution in [3.63, 3.8) is 0 Å². The van der Waals surface area contributed by atoms with E-state index in [0.29, 0.717) is 5.56 Å². The second-order valence-electron chi connectivity index (χ2n) is 5.89. The molecule has 0 unspecified atom stereocenters. The van der Waals surface area contributed by atoms with Crippen LogP contribution in [0.15, 0.2) is 35.1 Å². The molecule has 6 heteroatoms. The molecular formula is C18H19N3O3. The topological polar surface area (TPSA) is 77.1 Å². The van der Waals surface area contributed by atoms with Crippen LogP contribution in [0.3, 0.4) is 0 Å². The molecule has 0 aliphatic heterocycles. The van der Waals surface area contributed by atoms with Crippen molar-refractivity contribution in [1.29, 1.82) is 0 Å². The van der Waals surface area contributed by atoms with E-state index in [1.54, 1.807) is 16.3 Å². The molecule has 24 heavy (non-hydrogen) atoms. The number of aromatic nitrogens is 3. The van der Waals surface area contributed by atoms with Gasteiger partial charge in [0.25, 0.3) is 5.56 Å². The molecular weight excluding hydrogens is 306 g/mol. The number of aryl methyl sites for hydroxylation is 3. The van der Waals surface area contributed by atoms with Crippen molar-refractivity contribution in [1.82, 2.24) is 14.3 Å². The molecule has 2 aromatic heterocycles. The lowest BCUT2D eigenvalue weighted by Gasteiger charge is -2.12. The smallest absolute Gasteiger partial charge is 0.303 e. The Balaban J connectivity index is 2.31. The van der Waals surface area contributed by atoms with E-state index in [9.17, 15) is 9.59 Å². The Morgan fingerprint density at radius 1 is 1.21 bits per heavy atom. The average Bonchev–Trinajstić information content (AvgIpc) is 2.91. The van der Waals surface area contributed by atoms with Crippen LogP contribution in [0.2, 0.25) is 0 Å². The zero-order valence-electron chi connectivity index (χ0n) is 13.9. The van der Waals surface area contributed by atoms with Crippen LogP contribution in [0, 0.1) is 13.8 Å². The largest absolute Gasteiger partial charge is 0.481 e. The minimum atomic E-state index is -0.909. The fourth-order valence-corrected chi connectivity index (χ4v) is 3.15. The fraction of sp³-hybridized carbons (Fsp3) is 0.278. The lowest BCUT2D eigenvalue weighted by molar-refractivity contribution is -0.136. The highest BCUT2D eigenvalue weighted by Crippen LogP contribution is 2.25. The Morgan fingerprint density at radius 3 is 2.50 bits per heavy atom. The summed E-state index contributed by atoms with van der Waals surface area (Å²) in [7, 11) is 1.70. The molecule has 2 heterocycles. The normalized spacial score (nSPS) is 11.1. The van der Waals surface area contributed by atoms with E-state index in [1.807, 2.05) is 44.2 Å². The molecule has 124 valence electrons. The molecule has 0 radical (unpaired) electrons. The monoisotopic (exact) mass is 325 g/mol. The van der Waals surface area contributed by atoms with Crippen LogP contribution in [0.25, 0.3) is 16.7 Å². The van der Waals surface area contributed by atoms with Gasteiger partial charge in [-0.2, -0.15) is 5.10 Å². The van der Waals surface area contributed by atoms with Crippen LogP contribution < -0.4 is 5.56 Å². The van der Waals surface area contributed by atoms with Crippen molar-refractivity contribution in [2.24, 2.45) is 7.05 Å². The maximum atomic E-state index is 12.7. The average molecular weight is 325 g/mol. The van der Waals surface area contributed by atoms with Crippen LogP contribution >= 0.6 is 0 Å². The number of aliphatic carboxylic acids is 1. The third-order valence-electron chi connectivity index (χ3n) is 4.33. The SMILES string of the molecule is Cc1nn(-c2ccccc2)c2c1c(C)c(CCC(=O)O)c(=O)n2C. The number of hydrogen-bond donors (Lipinski definition) is 1. The van der Waals surface area contributed by atoms with E-state index in [2.05, 4.69) is 5.10 Å². The summed E-state index contributed by atoms with van der Waals surface area (Å²) >= 11 is 0. The first-order valence-electron chi connectivity index (χ1n) is 7.76. The maximum absolute atomic E-state index is 12.7. The highest BCUT2D eigenvalue weighted by Gasteiger charge is 2.19. The van der Waals surface area contributed by atoms with Gasteiger partial charge < -0.3 is 5.11 Å². The second kappa shape index (κ2) is 5.96. The zero-order valence-corrected chi connectivity index (χ0v) is 13.9. The molecule has 0 spiro atoms. The molecule has 0 fully saturated rings. The predicted molar refractivity (Wildman–Crippen MR) is 91.7 cm³/mol. The van der Waals surface area contributed by atoms with Crippen LogP contribution in [0.5, 0.6) is 0 Å². The number of para-hydroxylation sites is 1. The summed E-state index contributed by atoms with van der Waals surface area (Å²) in [5, 5.41) is 14.4. The number of carbonyl (C=O) groups is 1. The van der Waals surface area contributed by atoms with Gasteiger partial charge in [0.2, 0.25) is 0 Å². The zero-order chi connectivity index (χ0) is 17.4. The first-order valence-corrected chi connectivity index (χ1v) is 7.76. The summed E-state index contributed by atoms with van der Waals surface area (Å²) in [5.41, 5.74) is 3.61. The third kappa shape index (κ3) is 2.50. The van der Waals surface area contributed by atoms with Gasteiger partial charge in [-0.3, -0.25) is 14.2 Å². The molecule has 3 rings (SSSR count). The van der Waals surface area contributed by atoms with E-state index in [1.165, 1.54) is 0 Å². The molecule has 0 saturated carbocycles. The van der Waals surface area contributed by atoms with Crippen LogP contribution in [0.4, 0.5) is 0 Å². The lowest BCUT2D eigenvalue weighted by atomic mass is 10.0. The summed E-state index contributed by atoms with van der Waals surface area (Å²) in [6, 6.07) is 9.64. The van der Waals surface area contributed by atoms with Crippen molar-refractivity contribution >= 4 is 17.0 Å². The van der Waals surface area contributed by atoms with Crippen LogP contribution in [0.1, 0.15) is 23.2 Å². The number of benzene rings is 1. The molecule has 0 aliphatic rings. The quantitative estimate of drug-likeness (QED) is 0.799. The number of hydrogen-bond acceptors (Lipinski definition) is 3. The van der Waals surface area contributed by atoms with Crippen molar-refractivity contribution in [3.8, 4) is 5.69 Å². The van der Waals surface area contributed by atoms with E-state index in [0.717, 1.165) is 28.0 Å². The summed E-state index contributed by atoms with van der Waals surface area (Å²) < 4.78 is 3.33. The van der Waals surface area contributed by atoms with Gasteiger partial charge in [-0.05, 0) is 38.0 Å². The lowest BCUT2D eigenvalue weighted by Crippen LogP contribution is -2.24. The van der Waals surface area contributed by atoms with Crippen molar-refractivity contribution in [3.05, 3.63) is 57.5 Å². The number of carboxylic acid groups (broad SMARTS) is 1. The van der Waals surface area contributed by atoms with Crippen molar-refractivity contribution in [2.75, 3.05) is 0 Å². The minimum Gasteiger partial charge on any atom is -0.481 e. The van der Waals surface area contributed by atoms with Crippen molar-refractivity contribution < 1.29 is 9.90 Å². The number of carboxylic acids is 1. The molecule has 1 aromatic carbocycles. The molecule has 0 atom stereocenters. The highest BCUT2D eigenvalue weighted by molar-refractivity contribution is 5.85. The summed E-state index contributed by atoms with van der Waals surface area (Å²) in [6.45, 7) is 3.77. The van der Waals surface area contributed by atoms with Crippen molar-refractivity contribution in [2.45, 2.75) is 26.7 Å². The maximum Gasteiger partial charge on any atom is 0.303 e. The summed E-state index contributed by atoms with van der Waals surface area (Å²) in [5.74, 6) is -0.909.